The average molecular weight is 432 g/mol. The molecule has 4 rings (SSSR count). The van der Waals surface area contributed by atoms with Crippen LogP contribution in [-0.4, -0.2) is 46.9 Å². The average Bonchev–Trinajstić information content (AvgIpc) is 3.11. The quantitative estimate of drug-likeness (QED) is 0.670. The van der Waals surface area contributed by atoms with Crippen molar-refractivity contribution in [1.29, 1.82) is 0 Å². The first-order valence-electron chi connectivity index (χ1n) is 9.18. The Bertz CT molecular complexity index is 1130. The Kier molecular flexibility index (Phi) is 4.96. The van der Waals surface area contributed by atoms with E-state index in [1.165, 1.54) is 23.9 Å². The highest BCUT2D eigenvalue weighted by Gasteiger charge is 2.48. The summed E-state index contributed by atoms with van der Waals surface area (Å²) in [6, 6.07) is 14.8. The van der Waals surface area contributed by atoms with E-state index in [4.69, 9.17) is 4.42 Å². The molecule has 1 N–H and O–H groups in total. The maximum absolute atomic E-state index is 13.2. The van der Waals surface area contributed by atoms with Gasteiger partial charge in [0.2, 0.25) is 10.0 Å². The fourth-order valence-corrected chi connectivity index (χ4v) is 6.78. The molecular weight excluding hydrogens is 410 g/mol. The third-order valence-electron chi connectivity index (χ3n) is 5.14. The molecule has 1 aliphatic heterocycles. The van der Waals surface area contributed by atoms with Gasteiger partial charge in [-0.25, -0.2) is 8.42 Å². The first kappa shape index (κ1) is 20.0. The van der Waals surface area contributed by atoms with Gasteiger partial charge in [-0.05, 0) is 50.2 Å². The van der Waals surface area contributed by atoms with E-state index in [0.29, 0.717) is 11.5 Å². The van der Waals surface area contributed by atoms with Crippen molar-refractivity contribution in [2.75, 3.05) is 12.3 Å². The monoisotopic (exact) mass is 431 g/mol. The van der Waals surface area contributed by atoms with Crippen LogP contribution in [0.15, 0.2) is 63.9 Å². The van der Waals surface area contributed by atoms with Crippen LogP contribution in [0.5, 0.6) is 0 Å². The van der Waals surface area contributed by atoms with E-state index in [-0.39, 0.29) is 11.4 Å². The zero-order chi connectivity index (χ0) is 20.8. The fraction of sp³-hybridized carbons (Fsp3) is 0.286. The summed E-state index contributed by atoms with van der Waals surface area (Å²) in [5, 5.41) is 10.7. The third-order valence-corrected chi connectivity index (χ3v) is 8.37. The van der Waals surface area contributed by atoms with Crippen molar-refractivity contribution in [2.45, 2.75) is 29.5 Å². The largest absolute Gasteiger partial charge is 0.480 e. The molecule has 3 aromatic rings. The van der Waals surface area contributed by atoms with Gasteiger partial charge >= 0.3 is 5.97 Å². The van der Waals surface area contributed by atoms with Crippen LogP contribution in [0.25, 0.3) is 22.3 Å². The lowest BCUT2D eigenvalue weighted by Gasteiger charge is -2.42. The zero-order valence-corrected chi connectivity index (χ0v) is 17.7. The molecule has 6 nitrogen and oxygen atoms in total. The summed E-state index contributed by atoms with van der Waals surface area (Å²) in [5.41, 5.74) is 1.51. The number of fused-ring (bicyclic) bond motifs is 1. The highest BCUT2D eigenvalue weighted by molar-refractivity contribution is 8.00. The molecule has 1 saturated heterocycles. The van der Waals surface area contributed by atoms with E-state index in [0.717, 1.165) is 20.8 Å². The van der Waals surface area contributed by atoms with Crippen molar-refractivity contribution in [1.82, 2.24) is 4.31 Å². The number of hydrogen-bond donors (Lipinski definition) is 1. The number of carbonyl (C=O) groups is 1. The number of aliphatic carboxylic acids is 1. The van der Waals surface area contributed by atoms with Gasteiger partial charge in [0.25, 0.3) is 0 Å². The molecule has 1 aliphatic rings. The van der Waals surface area contributed by atoms with Crippen LogP contribution >= 0.6 is 11.8 Å². The molecule has 152 valence electrons. The molecule has 1 atom stereocenters. The van der Waals surface area contributed by atoms with Crippen LogP contribution in [0, 0.1) is 0 Å². The fourth-order valence-electron chi connectivity index (χ4n) is 3.68. The van der Waals surface area contributed by atoms with Gasteiger partial charge in [0.05, 0.1) is 4.90 Å². The normalized spacial score (nSPS) is 20.0. The van der Waals surface area contributed by atoms with Gasteiger partial charge in [-0.2, -0.15) is 16.1 Å². The number of rotatable bonds is 4. The standard InChI is InChI=1S/C21H21NO5S2/c1-21(2)19(20(23)24)22(11-12-28-21)29(25,26)16-9-7-14(8-10-16)18-13-15-5-3-4-6-17(15)27-18/h3-10,13,19H,11-12H2,1-2H3,(H,23,24). The molecule has 29 heavy (non-hydrogen) atoms. The minimum atomic E-state index is -3.94. The van der Waals surface area contributed by atoms with E-state index in [9.17, 15) is 18.3 Å². The van der Waals surface area contributed by atoms with E-state index in [2.05, 4.69) is 0 Å². The Balaban J connectivity index is 1.68. The van der Waals surface area contributed by atoms with Gasteiger partial charge < -0.3 is 9.52 Å². The van der Waals surface area contributed by atoms with Crippen LogP contribution in [0.1, 0.15) is 13.8 Å². The van der Waals surface area contributed by atoms with Crippen molar-refractivity contribution < 1.29 is 22.7 Å². The molecule has 1 unspecified atom stereocenters. The lowest BCUT2D eigenvalue weighted by molar-refractivity contribution is -0.142. The molecule has 0 aliphatic carbocycles. The van der Waals surface area contributed by atoms with Crippen LogP contribution in [0.4, 0.5) is 0 Å². The predicted molar refractivity (Wildman–Crippen MR) is 114 cm³/mol. The van der Waals surface area contributed by atoms with Crippen molar-refractivity contribution >= 4 is 38.7 Å². The number of benzene rings is 2. The predicted octanol–water partition coefficient (Wildman–Crippen LogP) is 4.07. The molecule has 1 aromatic heterocycles. The number of hydrogen-bond acceptors (Lipinski definition) is 5. The first-order chi connectivity index (χ1) is 13.7. The second kappa shape index (κ2) is 7.19. The van der Waals surface area contributed by atoms with Gasteiger partial charge in [0, 0.05) is 28.0 Å². The van der Waals surface area contributed by atoms with Crippen molar-refractivity contribution in [3.05, 3.63) is 54.6 Å². The van der Waals surface area contributed by atoms with Crippen LogP contribution < -0.4 is 0 Å². The molecule has 0 radical (unpaired) electrons. The first-order valence-corrected chi connectivity index (χ1v) is 11.6. The second-order valence-electron chi connectivity index (χ2n) is 7.48. The number of thioether (sulfide) groups is 1. The molecule has 2 aromatic carbocycles. The molecule has 0 saturated carbocycles. The Morgan fingerprint density at radius 1 is 1.17 bits per heavy atom. The summed E-state index contributed by atoms with van der Waals surface area (Å²) in [6.45, 7) is 3.70. The summed E-state index contributed by atoms with van der Waals surface area (Å²) in [4.78, 5) is 11.9. The van der Waals surface area contributed by atoms with E-state index in [1.807, 2.05) is 30.3 Å². The van der Waals surface area contributed by atoms with Crippen molar-refractivity contribution in [3.63, 3.8) is 0 Å². The Morgan fingerprint density at radius 3 is 2.52 bits per heavy atom. The second-order valence-corrected chi connectivity index (χ2v) is 11.1. The number of carboxylic acids is 1. The Morgan fingerprint density at radius 2 is 1.86 bits per heavy atom. The summed E-state index contributed by atoms with van der Waals surface area (Å²) in [7, 11) is -3.94. The molecular formula is C21H21NO5S2. The summed E-state index contributed by atoms with van der Waals surface area (Å²) in [5.74, 6) is 0.0614. The Hall–Kier alpha value is -2.29. The molecule has 0 amide bonds. The molecule has 2 heterocycles. The van der Waals surface area contributed by atoms with Crippen molar-refractivity contribution in [3.8, 4) is 11.3 Å². The number of carboxylic acid groups (broad SMARTS) is 1. The summed E-state index contributed by atoms with van der Waals surface area (Å²) < 4.78 is 32.6. The van der Waals surface area contributed by atoms with Crippen LogP contribution in [0.3, 0.4) is 0 Å². The number of nitrogens with zero attached hydrogens (tertiary/aromatic N) is 1. The zero-order valence-electron chi connectivity index (χ0n) is 16.0. The topological polar surface area (TPSA) is 87.8 Å². The Labute approximate surface area is 173 Å². The summed E-state index contributed by atoms with van der Waals surface area (Å²) >= 11 is 1.47. The third kappa shape index (κ3) is 3.56. The molecule has 0 spiro atoms. The van der Waals surface area contributed by atoms with E-state index >= 15 is 0 Å². The maximum atomic E-state index is 13.2. The highest BCUT2D eigenvalue weighted by atomic mass is 32.2. The maximum Gasteiger partial charge on any atom is 0.323 e. The van der Waals surface area contributed by atoms with E-state index in [1.54, 1.807) is 26.0 Å². The van der Waals surface area contributed by atoms with Crippen LogP contribution in [0.2, 0.25) is 0 Å². The smallest absolute Gasteiger partial charge is 0.323 e. The summed E-state index contributed by atoms with van der Waals surface area (Å²) in [6.07, 6.45) is 0. The van der Waals surface area contributed by atoms with Gasteiger partial charge in [-0.1, -0.05) is 18.2 Å². The molecule has 8 heteroatoms. The highest BCUT2D eigenvalue weighted by Crippen LogP contribution is 2.38. The van der Waals surface area contributed by atoms with Gasteiger partial charge in [-0.3, -0.25) is 4.79 Å². The van der Waals surface area contributed by atoms with Gasteiger partial charge in [0.15, 0.2) is 0 Å². The SMILES string of the molecule is CC1(C)SCCN(S(=O)(=O)c2ccc(-c3cc4ccccc4o3)cc2)C1C(=O)O. The van der Waals surface area contributed by atoms with Crippen molar-refractivity contribution in [2.24, 2.45) is 0 Å². The lowest BCUT2D eigenvalue weighted by Crippen LogP contribution is -2.58. The number of para-hydroxylation sites is 1. The molecule has 1 fully saturated rings. The number of furan rings is 1. The molecule has 0 bridgehead atoms. The minimum Gasteiger partial charge on any atom is -0.480 e. The van der Waals surface area contributed by atoms with Gasteiger partial charge in [0.1, 0.15) is 17.4 Å². The lowest BCUT2D eigenvalue weighted by atomic mass is 10.0. The van der Waals surface area contributed by atoms with E-state index < -0.39 is 26.8 Å². The van der Waals surface area contributed by atoms with Gasteiger partial charge in [-0.15, -0.1) is 0 Å². The minimum absolute atomic E-state index is 0.0753. The number of sulfonamides is 1. The van der Waals surface area contributed by atoms with Crippen LogP contribution in [-0.2, 0) is 14.8 Å².